The van der Waals surface area contributed by atoms with Crippen molar-refractivity contribution in [3.8, 4) is 0 Å². The highest BCUT2D eigenvalue weighted by Crippen LogP contribution is 2.23. The molecular formula is C13H9F2N3O4S. The van der Waals surface area contributed by atoms with E-state index in [1.807, 2.05) is 0 Å². The number of thiophene rings is 1. The van der Waals surface area contributed by atoms with Crippen molar-refractivity contribution in [1.29, 1.82) is 0 Å². The van der Waals surface area contributed by atoms with Crippen LogP contribution in [-0.4, -0.2) is 23.3 Å². The summed E-state index contributed by atoms with van der Waals surface area (Å²) in [5.74, 6) is -3.47. The van der Waals surface area contributed by atoms with Gasteiger partial charge in [-0.1, -0.05) is 11.3 Å². The molecular weight excluding hydrogens is 332 g/mol. The van der Waals surface area contributed by atoms with Crippen LogP contribution in [0.4, 0.5) is 19.5 Å². The van der Waals surface area contributed by atoms with Crippen LogP contribution in [0.2, 0.25) is 0 Å². The number of nitrogens with zero attached hydrogens (tertiary/aromatic N) is 1. The first-order valence-corrected chi connectivity index (χ1v) is 6.96. The molecule has 2 aromatic rings. The Morgan fingerprint density at radius 1 is 1.17 bits per heavy atom. The molecule has 1 aromatic heterocycles. The smallest absolute Gasteiger partial charge is 0.324 e. The summed E-state index contributed by atoms with van der Waals surface area (Å²) in [6.07, 6.45) is 0. The molecule has 2 amide bonds. The van der Waals surface area contributed by atoms with Gasteiger partial charge >= 0.3 is 5.00 Å². The van der Waals surface area contributed by atoms with E-state index in [-0.39, 0.29) is 15.6 Å². The Morgan fingerprint density at radius 2 is 1.91 bits per heavy atom. The van der Waals surface area contributed by atoms with Crippen molar-refractivity contribution < 1.29 is 23.3 Å². The summed E-state index contributed by atoms with van der Waals surface area (Å²) in [6, 6.07) is 5.28. The number of anilines is 1. The van der Waals surface area contributed by atoms with Crippen LogP contribution in [0.25, 0.3) is 0 Å². The average Bonchev–Trinajstić information content (AvgIpc) is 2.99. The van der Waals surface area contributed by atoms with E-state index in [1.54, 1.807) is 0 Å². The standard InChI is InChI=1S/C13H9F2N3O4S/c14-8-2-1-7(5-9(8)15)17-11(19)6-16-13(20)10-3-4-12(23-10)18(21)22/h1-5H,6H2,(H,16,20)(H,17,19). The summed E-state index contributed by atoms with van der Waals surface area (Å²) < 4.78 is 25.7. The summed E-state index contributed by atoms with van der Waals surface area (Å²) in [7, 11) is 0. The van der Waals surface area contributed by atoms with Gasteiger partial charge in [0.05, 0.1) is 16.3 Å². The van der Waals surface area contributed by atoms with Gasteiger partial charge in [0.2, 0.25) is 5.91 Å². The molecule has 0 aliphatic carbocycles. The van der Waals surface area contributed by atoms with Gasteiger partial charge in [0.1, 0.15) is 0 Å². The Bertz CT molecular complexity index is 778. The lowest BCUT2D eigenvalue weighted by molar-refractivity contribution is -0.380. The van der Waals surface area contributed by atoms with Crippen LogP contribution in [0.1, 0.15) is 9.67 Å². The highest BCUT2D eigenvalue weighted by atomic mass is 32.1. The van der Waals surface area contributed by atoms with E-state index in [9.17, 15) is 28.5 Å². The topological polar surface area (TPSA) is 101 Å². The van der Waals surface area contributed by atoms with E-state index in [0.717, 1.165) is 12.1 Å². The highest BCUT2D eigenvalue weighted by Gasteiger charge is 2.16. The van der Waals surface area contributed by atoms with Gasteiger partial charge in [0.25, 0.3) is 5.91 Å². The zero-order chi connectivity index (χ0) is 17.0. The first kappa shape index (κ1) is 16.5. The predicted molar refractivity (Wildman–Crippen MR) is 78.3 cm³/mol. The van der Waals surface area contributed by atoms with E-state index >= 15 is 0 Å². The molecule has 0 saturated heterocycles. The molecule has 0 spiro atoms. The van der Waals surface area contributed by atoms with Crippen molar-refractivity contribution in [3.63, 3.8) is 0 Å². The van der Waals surface area contributed by atoms with Gasteiger partial charge in [-0.3, -0.25) is 19.7 Å². The molecule has 0 atom stereocenters. The fourth-order valence-electron chi connectivity index (χ4n) is 1.57. The molecule has 0 saturated carbocycles. The molecule has 0 fully saturated rings. The van der Waals surface area contributed by atoms with Crippen molar-refractivity contribution in [2.75, 3.05) is 11.9 Å². The number of hydrogen-bond acceptors (Lipinski definition) is 5. The van der Waals surface area contributed by atoms with Gasteiger partial charge in [0, 0.05) is 17.8 Å². The first-order valence-electron chi connectivity index (χ1n) is 6.14. The maximum atomic E-state index is 13.0. The molecule has 2 N–H and O–H groups in total. The maximum absolute atomic E-state index is 13.0. The molecule has 1 heterocycles. The van der Waals surface area contributed by atoms with Crippen molar-refractivity contribution >= 4 is 33.8 Å². The fraction of sp³-hybridized carbons (Fsp3) is 0.0769. The van der Waals surface area contributed by atoms with Crippen molar-refractivity contribution in [1.82, 2.24) is 5.32 Å². The summed E-state index contributed by atoms with van der Waals surface area (Å²) >= 11 is 0.674. The molecule has 1 aromatic carbocycles. The number of carbonyl (C=O) groups excluding carboxylic acids is 2. The molecule has 2 rings (SSSR count). The van der Waals surface area contributed by atoms with Crippen LogP contribution in [0.5, 0.6) is 0 Å². The minimum atomic E-state index is -1.11. The third-order valence-electron chi connectivity index (χ3n) is 2.61. The molecule has 0 unspecified atom stereocenters. The van der Waals surface area contributed by atoms with Crippen LogP contribution in [0.15, 0.2) is 30.3 Å². The van der Waals surface area contributed by atoms with Crippen molar-refractivity contribution in [2.45, 2.75) is 0 Å². The third kappa shape index (κ3) is 4.30. The predicted octanol–water partition coefficient (Wildman–Crippen LogP) is 2.30. The van der Waals surface area contributed by atoms with Gasteiger partial charge in [-0.25, -0.2) is 8.78 Å². The minimum Gasteiger partial charge on any atom is -0.342 e. The number of carbonyl (C=O) groups is 2. The second-order valence-corrected chi connectivity index (χ2v) is 5.32. The maximum Gasteiger partial charge on any atom is 0.324 e. The van der Waals surface area contributed by atoms with Crippen LogP contribution in [-0.2, 0) is 4.79 Å². The normalized spacial score (nSPS) is 10.2. The van der Waals surface area contributed by atoms with Crippen LogP contribution in [0.3, 0.4) is 0 Å². The van der Waals surface area contributed by atoms with Crippen LogP contribution in [0, 0.1) is 21.7 Å². The summed E-state index contributed by atoms with van der Waals surface area (Å²) in [4.78, 5) is 33.3. The molecule has 0 bridgehead atoms. The quantitative estimate of drug-likeness (QED) is 0.643. The second-order valence-electron chi connectivity index (χ2n) is 4.25. The zero-order valence-corrected chi connectivity index (χ0v) is 12.2. The number of benzene rings is 1. The van der Waals surface area contributed by atoms with Crippen molar-refractivity contribution in [3.05, 3.63) is 57.0 Å². The van der Waals surface area contributed by atoms with Gasteiger partial charge < -0.3 is 10.6 Å². The highest BCUT2D eigenvalue weighted by molar-refractivity contribution is 7.17. The second kappa shape index (κ2) is 6.92. The molecule has 23 heavy (non-hydrogen) atoms. The molecule has 0 aliphatic rings. The van der Waals surface area contributed by atoms with Gasteiger partial charge in [-0.05, 0) is 18.2 Å². The Morgan fingerprint density at radius 3 is 2.52 bits per heavy atom. The lowest BCUT2D eigenvalue weighted by atomic mass is 10.3. The third-order valence-corrected chi connectivity index (χ3v) is 3.64. The number of rotatable bonds is 5. The summed E-state index contributed by atoms with van der Waals surface area (Å²) in [6.45, 7) is -0.427. The van der Waals surface area contributed by atoms with Crippen molar-refractivity contribution in [2.24, 2.45) is 0 Å². The largest absolute Gasteiger partial charge is 0.342 e. The SMILES string of the molecule is O=C(CNC(=O)c1ccc([N+](=O)[O-])s1)Nc1ccc(F)c(F)c1. The molecule has 0 aliphatic heterocycles. The molecule has 7 nitrogen and oxygen atoms in total. The van der Waals surface area contributed by atoms with Crippen LogP contribution >= 0.6 is 11.3 Å². The summed E-state index contributed by atoms with van der Waals surface area (Å²) in [5.41, 5.74) is 0.0370. The zero-order valence-electron chi connectivity index (χ0n) is 11.3. The lowest BCUT2D eigenvalue weighted by Gasteiger charge is -2.06. The Labute approximate surface area is 132 Å². The summed E-state index contributed by atoms with van der Waals surface area (Å²) in [5, 5.41) is 14.9. The number of hydrogen-bond donors (Lipinski definition) is 2. The van der Waals surface area contributed by atoms with E-state index in [1.165, 1.54) is 18.2 Å². The number of nitrogens with one attached hydrogen (secondary N) is 2. The van der Waals surface area contributed by atoms with Gasteiger partial charge in [-0.15, -0.1) is 0 Å². The number of nitro groups is 1. The lowest BCUT2D eigenvalue weighted by Crippen LogP contribution is -2.32. The average molecular weight is 341 g/mol. The van der Waals surface area contributed by atoms with Gasteiger partial charge in [0.15, 0.2) is 11.6 Å². The number of halogens is 2. The molecule has 120 valence electrons. The Balaban J connectivity index is 1.89. The van der Waals surface area contributed by atoms with Crippen LogP contribution < -0.4 is 10.6 Å². The van der Waals surface area contributed by atoms with E-state index < -0.39 is 34.9 Å². The Kier molecular flexibility index (Phi) is 4.96. The Hall–Kier alpha value is -2.88. The number of amides is 2. The minimum absolute atomic E-state index is 0.0370. The van der Waals surface area contributed by atoms with E-state index in [0.29, 0.717) is 11.3 Å². The van der Waals surface area contributed by atoms with E-state index in [4.69, 9.17) is 0 Å². The molecule has 10 heteroatoms. The fourth-order valence-corrected chi connectivity index (χ4v) is 2.31. The molecule has 0 radical (unpaired) electrons. The monoisotopic (exact) mass is 341 g/mol. The van der Waals surface area contributed by atoms with Gasteiger partial charge in [-0.2, -0.15) is 0 Å². The first-order chi connectivity index (χ1) is 10.9. The van der Waals surface area contributed by atoms with E-state index in [2.05, 4.69) is 10.6 Å².